The number of amides is 2. The van der Waals surface area contributed by atoms with Crippen LogP contribution in [0.3, 0.4) is 0 Å². The summed E-state index contributed by atoms with van der Waals surface area (Å²) >= 11 is 0. The van der Waals surface area contributed by atoms with Crippen LogP contribution in [0.4, 0.5) is 0 Å². The Morgan fingerprint density at radius 3 is 1.69 bits per heavy atom. The highest BCUT2D eigenvalue weighted by Crippen LogP contribution is 2.19. The molecular weight excluding hydrogens is 332 g/mol. The summed E-state index contributed by atoms with van der Waals surface area (Å²) in [4.78, 5) is 24.3. The Kier molecular flexibility index (Phi) is 6.09. The first-order chi connectivity index (χ1) is 12.7. The molecule has 26 heavy (non-hydrogen) atoms. The van der Waals surface area contributed by atoms with Crippen LogP contribution in [0.5, 0.6) is 0 Å². The molecular formula is C20H22N2O4. The SMILES string of the molecule is O=C(/C=C/c1ccco1)N[C@@H]1CCCC[C@H]1NC(=O)/C=C/c1ccco1. The van der Waals surface area contributed by atoms with Crippen molar-refractivity contribution in [1.29, 1.82) is 0 Å². The zero-order valence-electron chi connectivity index (χ0n) is 14.4. The maximum absolute atomic E-state index is 12.1. The lowest BCUT2D eigenvalue weighted by Gasteiger charge is -2.32. The van der Waals surface area contributed by atoms with Gasteiger partial charge in [-0.05, 0) is 49.3 Å². The summed E-state index contributed by atoms with van der Waals surface area (Å²) in [5.74, 6) is 0.853. The molecule has 2 heterocycles. The third-order valence-corrected chi connectivity index (χ3v) is 4.31. The molecule has 2 amide bonds. The van der Waals surface area contributed by atoms with Gasteiger partial charge >= 0.3 is 0 Å². The Balaban J connectivity index is 1.53. The summed E-state index contributed by atoms with van der Waals surface area (Å²) in [5.41, 5.74) is 0. The minimum absolute atomic E-state index is 0.0848. The minimum Gasteiger partial charge on any atom is -0.465 e. The molecule has 1 aliphatic carbocycles. The molecule has 0 unspecified atom stereocenters. The zero-order chi connectivity index (χ0) is 18.2. The molecule has 136 valence electrons. The molecule has 6 nitrogen and oxygen atoms in total. The highest BCUT2D eigenvalue weighted by Gasteiger charge is 2.26. The number of hydrogen-bond donors (Lipinski definition) is 2. The van der Waals surface area contributed by atoms with Gasteiger partial charge in [0.25, 0.3) is 0 Å². The normalized spacial score (nSPS) is 20.5. The fourth-order valence-corrected chi connectivity index (χ4v) is 3.03. The van der Waals surface area contributed by atoms with Gasteiger partial charge in [0.2, 0.25) is 11.8 Å². The van der Waals surface area contributed by atoms with Gasteiger partial charge in [-0.15, -0.1) is 0 Å². The Hall–Kier alpha value is -3.02. The molecule has 0 aromatic carbocycles. The predicted molar refractivity (Wildman–Crippen MR) is 97.8 cm³/mol. The van der Waals surface area contributed by atoms with Gasteiger partial charge in [0, 0.05) is 24.2 Å². The van der Waals surface area contributed by atoms with Crippen LogP contribution in [-0.4, -0.2) is 23.9 Å². The van der Waals surface area contributed by atoms with Crippen LogP contribution in [0.15, 0.2) is 57.8 Å². The molecule has 0 bridgehead atoms. The van der Waals surface area contributed by atoms with E-state index in [0.29, 0.717) is 11.5 Å². The molecule has 0 aliphatic heterocycles. The number of nitrogens with one attached hydrogen (secondary N) is 2. The third kappa shape index (κ3) is 5.24. The predicted octanol–water partition coefficient (Wildman–Crippen LogP) is 3.14. The standard InChI is InChI=1S/C20H22N2O4/c23-19(11-9-15-5-3-13-25-15)21-17-7-1-2-8-18(17)22-20(24)12-10-16-6-4-14-26-16/h3-6,9-14,17-18H,1-2,7-8H2,(H,21,23)(H,22,24)/b11-9+,12-10+/t17-,18-/m1/s1. The average Bonchev–Trinajstić information content (AvgIpc) is 3.34. The van der Waals surface area contributed by atoms with Crippen LogP contribution in [-0.2, 0) is 9.59 Å². The zero-order valence-corrected chi connectivity index (χ0v) is 14.4. The number of hydrogen-bond acceptors (Lipinski definition) is 4. The first-order valence-electron chi connectivity index (χ1n) is 8.75. The van der Waals surface area contributed by atoms with Crippen LogP contribution in [0, 0.1) is 0 Å². The van der Waals surface area contributed by atoms with E-state index in [1.807, 2.05) is 0 Å². The summed E-state index contributed by atoms with van der Waals surface area (Å²) in [5, 5.41) is 5.96. The van der Waals surface area contributed by atoms with Crippen LogP contribution < -0.4 is 10.6 Å². The van der Waals surface area contributed by atoms with Gasteiger partial charge in [0.05, 0.1) is 12.5 Å². The van der Waals surface area contributed by atoms with Crippen LogP contribution in [0.25, 0.3) is 12.2 Å². The van der Waals surface area contributed by atoms with E-state index in [1.165, 1.54) is 12.2 Å². The molecule has 0 saturated heterocycles. The van der Waals surface area contributed by atoms with Crippen LogP contribution in [0.2, 0.25) is 0 Å². The van der Waals surface area contributed by atoms with Gasteiger partial charge in [-0.3, -0.25) is 9.59 Å². The molecule has 2 atom stereocenters. The van der Waals surface area contributed by atoms with Gasteiger partial charge in [-0.2, -0.15) is 0 Å². The van der Waals surface area contributed by atoms with Crippen molar-refractivity contribution in [3.05, 3.63) is 60.5 Å². The summed E-state index contributed by atoms with van der Waals surface area (Å²) < 4.78 is 10.3. The highest BCUT2D eigenvalue weighted by atomic mass is 16.3. The first-order valence-corrected chi connectivity index (χ1v) is 8.75. The Morgan fingerprint density at radius 2 is 1.31 bits per heavy atom. The molecule has 3 rings (SSSR count). The topological polar surface area (TPSA) is 84.5 Å². The second-order valence-electron chi connectivity index (χ2n) is 6.21. The molecule has 0 radical (unpaired) electrons. The van der Waals surface area contributed by atoms with E-state index in [9.17, 15) is 9.59 Å². The molecule has 1 aliphatic rings. The summed E-state index contributed by atoms with van der Waals surface area (Å²) in [6.07, 6.45) is 13.0. The maximum atomic E-state index is 12.1. The molecule has 2 N–H and O–H groups in total. The number of carbonyl (C=O) groups excluding carboxylic acids is 2. The van der Waals surface area contributed by atoms with E-state index in [-0.39, 0.29) is 23.9 Å². The van der Waals surface area contributed by atoms with Gasteiger partial charge < -0.3 is 19.5 Å². The third-order valence-electron chi connectivity index (χ3n) is 4.31. The van der Waals surface area contributed by atoms with Crippen molar-refractivity contribution in [1.82, 2.24) is 10.6 Å². The van der Waals surface area contributed by atoms with Crippen molar-refractivity contribution in [2.24, 2.45) is 0 Å². The first kappa shape index (κ1) is 17.8. The van der Waals surface area contributed by atoms with E-state index >= 15 is 0 Å². The Labute approximate surface area is 151 Å². The fourth-order valence-electron chi connectivity index (χ4n) is 3.03. The highest BCUT2D eigenvalue weighted by molar-refractivity contribution is 5.92. The van der Waals surface area contributed by atoms with Gasteiger partial charge in [0.1, 0.15) is 11.5 Å². The van der Waals surface area contributed by atoms with E-state index in [0.717, 1.165) is 25.7 Å². The molecule has 0 spiro atoms. The van der Waals surface area contributed by atoms with Gasteiger partial charge in [-0.1, -0.05) is 12.8 Å². The summed E-state index contributed by atoms with van der Waals surface area (Å²) in [6.45, 7) is 0. The summed E-state index contributed by atoms with van der Waals surface area (Å²) in [7, 11) is 0. The van der Waals surface area contributed by atoms with Crippen molar-refractivity contribution in [3.8, 4) is 0 Å². The van der Waals surface area contributed by atoms with Gasteiger partial charge in [-0.25, -0.2) is 0 Å². The number of carbonyl (C=O) groups is 2. The van der Waals surface area contributed by atoms with Crippen molar-refractivity contribution in [2.45, 2.75) is 37.8 Å². The monoisotopic (exact) mass is 354 g/mol. The Bertz CT molecular complexity index is 694. The van der Waals surface area contributed by atoms with Crippen molar-refractivity contribution >= 4 is 24.0 Å². The number of furan rings is 2. The quantitative estimate of drug-likeness (QED) is 0.781. The lowest BCUT2D eigenvalue weighted by atomic mass is 9.90. The van der Waals surface area contributed by atoms with E-state index in [4.69, 9.17) is 8.83 Å². The van der Waals surface area contributed by atoms with Crippen molar-refractivity contribution < 1.29 is 18.4 Å². The largest absolute Gasteiger partial charge is 0.465 e. The van der Waals surface area contributed by atoms with E-state index < -0.39 is 0 Å². The van der Waals surface area contributed by atoms with Crippen molar-refractivity contribution in [2.75, 3.05) is 0 Å². The number of rotatable bonds is 6. The lowest BCUT2D eigenvalue weighted by molar-refractivity contribution is -0.120. The molecule has 1 saturated carbocycles. The van der Waals surface area contributed by atoms with Crippen molar-refractivity contribution in [3.63, 3.8) is 0 Å². The molecule has 2 aromatic heterocycles. The van der Waals surface area contributed by atoms with E-state index in [2.05, 4.69) is 10.6 Å². The second-order valence-corrected chi connectivity index (χ2v) is 6.21. The molecule has 1 fully saturated rings. The molecule has 2 aromatic rings. The maximum Gasteiger partial charge on any atom is 0.244 e. The smallest absolute Gasteiger partial charge is 0.244 e. The van der Waals surface area contributed by atoms with E-state index in [1.54, 1.807) is 48.9 Å². The average molecular weight is 354 g/mol. The van der Waals surface area contributed by atoms with Crippen LogP contribution >= 0.6 is 0 Å². The summed E-state index contributed by atoms with van der Waals surface area (Å²) in [6, 6.07) is 6.91. The van der Waals surface area contributed by atoms with Crippen LogP contribution in [0.1, 0.15) is 37.2 Å². The Morgan fingerprint density at radius 1 is 0.846 bits per heavy atom. The lowest BCUT2D eigenvalue weighted by Crippen LogP contribution is -2.52. The second kappa shape index (κ2) is 8.89. The fraction of sp³-hybridized carbons (Fsp3) is 0.300. The van der Waals surface area contributed by atoms with Gasteiger partial charge in [0.15, 0.2) is 0 Å². The molecule has 6 heteroatoms. The minimum atomic E-state index is -0.196.